The number of hydrogen-bond donors (Lipinski definition) is 1. The maximum absolute atomic E-state index is 12.0. The van der Waals surface area contributed by atoms with Crippen LogP contribution >= 0.6 is 11.3 Å². The van der Waals surface area contributed by atoms with Crippen LogP contribution in [0.3, 0.4) is 0 Å². The van der Waals surface area contributed by atoms with Crippen molar-refractivity contribution in [3.8, 4) is 10.7 Å². The molecular formula is C20H21N3OS. The number of carbonyl (C=O) groups is 1. The second-order valence-corrected chi connectivity index (χ2v) is 6.80. The van der Waals surface area contributed by atoms with Crippen molar-refractivity contribution in [3.63, 3.8) is 0 Å². The molecule has 1 amide bonds. The summed E-state index contributed by atoms with van der Waals surface area (Å²) in [5, 5.41) is 5.92. The van der Waals surface area contributed by atoms with Gasteiger partial charge in [0.2, 0.25) is 5.91 Å². The third-order valence-electron chi connectivity index (χ3n) is 3.90. The van der Waals surface area contributed by atoms with Crippen molar-refractivity contribution < 1.29 is 4.79 Å². The number of benzene rings is 1. The number of thiazole rings is 1. The first-order chi connectivity index (χ1) is 12.2. The summed E-state index contributed by atoms with van der Waals surface area (Å²) in [4.78, 5) is 20.9. The van der Waals surface area contributed by atoms with Crippen LogP contribution in [0.15, 0.2) is 54.0 Å². The second kappa shape index (κ2) is 8.53. The monoisotopic (exact) mass is 351 g/mol. The van der Waals surface area contributed by atoms with Crippen LogP contribution in [0.25, 0.3) is 10.7 Å². The first-order valence-corrected chi connectivity index (χ1v) is 9.27. The van der Waals surface area contributed by atoms with Crippen LogP contribution in [0, 0.1) is 6.92 Å². The van der Waals surface area contributed by atoms with Crippen molar-refractivity contribution in [3.05, 3.63) is 70.9 Å². The average Bonchev–Trinajstić information content (AvgIpc) is 3.11. The highest BCUT2D eigenvalue weighted by Crippen LogP contribution is 2.21. The fourth-order valence-electron chi connectivity index (χ4n) is 2.46. The Balaban J connectivity index is 1.41. The van der Waals surface area contributed by atoms with Gasteiger partial charge in [-0.3, -0.25) is 9.78 Å². The van der Waals surface area contributed by atoms with Crippen LogP contribution in [0.1, 0.15) is 23.2 Å². The lowest BCUT2D eigenvalue weighted by Gasteiger charge is -2.05. The van der Waals surface area contributed by atoms with Crippen LogP contribution in [-0.4, -0.2) is 22.4 Å². The van der Waals surface area contributed by atoms with E-state index in [1.807, 2.05) is 23.6 Å². The van der Waals surface area contributed by atoms with Gasteiger partial charge >= 0.3 is 0 Å². The first-order valence-electron chi connectivity index (χ1n) is 8.39. The predicted molar refractivity (Wildman–Crippen MR) is 102 cm³/mol. The number of aromatic nitrogens is 2. The van der Waals surface area contributed by atoms with Gasteiger partial charge in [-0.2, -0.15) is 0 Å². The zero-order valence-electron chi connectivity index (χ0n) is 14.2. The van der Waals surface area contributed by atoms with Crippen molar-refractivity contribution in [1.29, 1.82) is 0 Å². The van der Waals surface area contributed by atoms with Crippen molar-refractivity contribution in [2.45, 2.75) is 26.2 Å². The standard InChI is InChI=1S/C20H21N3OS/c1-15-5-7-16(8-6-15)9-10-19(24)22-13-11-17-14-25-20(23-17)18-4-2-3-12-21-18/h2-8,12,14H,9-11,13H2,1H3,(H,22,24). The Morgan fingerprint density at radius 3 is 2.72 bits per heavy atom. The molecule has 3 aromatic rings. The third-order valence-corrected chi connectivity index (χ3v) is 4.81. The minimum atomic E-state index is 0.0840. The highest BCUT2D eigenvalue weighted by atomic mass is 32.1. The smallest absolute Gasteiger partial charge is 0.220 e. The summed E-state index contributed by atoms with van der Waals surface area (Å²) in [6, 6.07) is 14.1. The van der Waals surface area contributed by atoms with E-state index in [-0.39, 0.29) is 5.91 Å². The van der Waals surface area contributed by atoms with Crippen molar-refractivity contribution >= 4 is 17.2 Å². The molecule has 1 N–H and O–H groups in total. The van der Waals surface area contributed by atoms with Crippen LogP contribution in [-0.2, 0) is 17.6 Å². The average molecular weight is 351 g/mol. The number of nitrogens with zero attached hydrogens (tertiary/aromatic N) is 2. The van der Waals surface area contributed by atoms with Crippen LogP contribution < -0.4 is 5.32 Å². The lowest BCUT2D eigenvalue weighted by Crippen LogP contribution is -2.25. The zero-order chi connectivity index (χ0) is 17.5. The van der Waals surface area contributed by atoms with E-state index in [4.69, 9.17) is 0 Å². The molecule has 2 heterocycles. The zero-order valence-corrected chi connectivity index (χ0v) is 15.1. The van der Waals surface area contributed by atoms with E-state index in [0.717, 1.165) is 29.2 Å². The molecule has 0 aliphatic rings. The first kappa shape index (κ1) is 17.3. The maximum atomic E-state index is 12.0. The molecular weight excluding hydrogens is 330 g/mol. The highest BCUT2D eigenvalue weighted by Gasteiger charge is 2.06. The van der Waals surface area contributed by atoms with Gasteiger partial charge in [-0.05, 0) is 31.0 Å². The van der Waals surface area contributed by atoms with E-state index >= 15 is 0 Å². The minimum absolute atomic E-state index is 0.0840. The molecule has 1 aromatic carbocycles. The molecule has 128 valence electrons. The molecule has 0 unspecified atom stereocenters. The Kier molecular flexibility index (Phi) is 5.90. The predicted octanol–water partition coefficient (Wildman–Crippen LogP) is 3.81. The SMILES string of the molecule is Cc1ccc(CCC(=O)NCCc2csc(-c3ccccn3)n2)cc1. The molecule has 0 radical (unpaired) electrons. The fraction of sp³-hybridized carbons (Fsp3) is 0.250. The van der Waals surface area contributed by atoms with E-state index in [0.29, 0.717) is 13.0 Å². The molecule has 0 saturated heterocycles. The lowest BCUT2D eigenvalue weighted by atomic mass is 10.1. The third kappa shape index (κ3) is 5.22. The Morgan fingerprint density at radius 1 is 1.12 bits per heavy atom. The summed E-state index contributed by atoms with van der Waals surface area (Å²) in [6.45, 7) is 2.67. The maximum Gasteiger partial charge on any atom is 0.220 e. The summed E-state index contributed by atoms with van der Waals surface area (Å²) in [5.74, 6) is 0.0840. The summed E-state index contributed by atoms with van der Waals surface area (Å²) in [7, 11) is 0. The molecule has 0 aliphatic carbocycles. The van der Waals surface area contributed by atoms with E-state index in [1.54, 1.807) is 17.5 Å². The van der Waals surface area contributed by atoms with Gasteiger partial charge in [0.1, 0.15) is 5.01 Å². The number of nitrogens with one attached hydrogen (secondary N) is 1. The summed E-state index contributed by atoms with van der Waals surface area (Å²) in [6.07, 6.45) is 3.79. The normalized spacial score (nSPS) is 10.6. The molecule has 4 nitrogen and oxygen atoms in total. The summed E-state index contributed by atoms with van der Waals surface area (Å²) in [5.41, 5.74) is 4.31. The molecule has 0 spiro atoms. The molecule has 2 aromatic heterocycles. The van der Waals surface area contributed by atoms with E-state index in [9.17, 15) is 4.79 Å². The van der Waals surface area contributed by atoms with Gasteiger partial charge in [-0.25, -0.2) is 4.98 Å². The largest absolute Gasteiger partial charge is 0.356 e. The number of hydrogen-bond acceptors (Lipinski definition) is 4. The molecule has 0 bridgehead atoms. The van der Waals surface area contributed by atoms with Crippen LogP contribution in [0.2, 0.25) is 0 Å². The molecule has 5 heteroatoms. The number of carbonyl (C=O) groups excluding carboxylic acids is 1. The van der Waals surface area contributed by atoms with Crippen molar-refractivity contribution in [2.75, 3.05) is 6.54 Å². The van der Waals surface area contributed by atoms with Crippen LogP contribution in [0.4, 0.5) is 0 Å². The van der Waals surface area contributed by atoms with Gasteiger partial charge < -0.3 is 5.32 Å². The Morgan fingerprint density at radius 2 is 1.96 bits per heavy atom. The van der Waals surface area contributed by atoms with Gasteiger partial charge in [0.15, 0.2) is 0 Å². The van der Waals surface area contributed by atoms with Crippen molar-refractivity contribution in [1.82, 2.24) is 15.3 Å². The number of aryl methyl sites for hydroxylation is 2. The number of rotatable bonds is 7. The van der Waals surface area contributed by atoms with E-state index < -0.39 is 0 Å². The quantitative estimate of drug-likeness (QED) is 0.704. The lowest BCUT2D eigenvalue weighted by molar-refractivity contribution is -0.121. The fourth-order valence-corrected chi connectivity index (χ4v) is 3.29. The van der Waals surface area contributed by atoms with Gasteiger partial charge in [-0.1, -0.05) is 35.9 Å². The molecule has 0 aliphatic heterocycles. The van der Waals surface area contributed by atoms with Gasteiger partial charge in [0, 0.05) is 31.0 Å². The van der Waals surface area contributed by atoms with Gasteiger partial charge in [-0.15, -0.1) is 11.3 Å². The molecule has 3 rings (SSSR count). The molecule has 0 atom stereocenters. The van der Waals surface area contributed by atoms with Gasteiger partial charge in [0.05, 0.1) is 11.4 Å². The number of pyridine rings is 1. The van der Waals surface area contributed by atoms with Crippen LogP contribution in [0.5, 0.6) is 0 Å². The van der Waals surface area contributed by atoms with E-state index in [2.05, 4.69) is 46.5 Å². The molecule has 25 heavy (non-hydrogen) atoms. The highest BCUT2D eigenvalue weighted by molar-refractivity contribution is 7.13. The molecule has 0 fully saturated rings. The van der Waals surface area contributed by atoms with E-state index in [1.165, 1.54) is 11.1 Å². The Bertz CT molecular complexity index is 812. The van der Waals surface area contributed by atoms with Crippen molar-refractivity contribution in [2.24, 2.45) is 0 Å². The number of amides is 1. The Labute approximate surface area is 152 Å². The minimum Gasteiger partial charge on any atom is -0.356 e. The summed E-state index contributed by atoms with van der Waals surface area (Å²) >= 11 is 1.58. The summed E-state index contributed by atoms with van der Waals surface area (Å²) < 4.78 is 0. The topological polar surface area (TPSA) is 54.9 Å². The Hall–Kier alpha value is -2.53. The molecule has 0 saturated carbocycles. The van der Waals surface area contributed by atoms with Gasteiger partial charge in [0.25, 0.3) is 0 Å². The second-order valence-electron chi connectivity index (χ2n) is 5.94.